The molecule has 0 aromatic carbocycles. The molecule has 0 radical (unpaired) electrons. The lowest BCUT2D eigenvalue weighted by atomic mass is 10.7. The third-order valence-electron chi connectivity index (χ3n) is 0.167. The van der Waals surface area contributed by atoms with Crippen LogP contribution in [0.15, 0.2) is 12.7 Å². The van der Waals surface area contributed by atoms with Crippen LogP contribution in [-0.2, 0) is 0 Å². The maximum atomic E-state index is 7.45. The van der Waals surface area contributed by atoms with Crippen molar-refractivity contribution in [2.75, 3.05) is 6.54 Å². The van der Waals surface area contributed by atoms with E-state index in [-0.39, 0.29) is 0 Å². The van der Waals surface area contributed by atoms with Gasteiger partial charge in [-0.15, -0.1) is 6.58 Å². The van der Waals surface area contributed by atoms with Gasteiger partial charge in [0.1, 0.15) is 0 Å². The quantitative estimate of drug-likeness (QED) is 0.284. The number of hydrogen-bond acceptors (Lipinski definition) is 4. The predicted molar refractivity (Wildman–Crippen MR) is 34.8 cm³/mol. The first kappa shape index (κ1) is 10.9. The van der Waals surface area contributed by atoms with E-state index in [4.69, 9.17) is 15.5 Å². The van der Waals surface area contributed by atoms with Gasteiger partial charge in [0.15, 0.2) is 0 Å². The van der Waals surface area contributed by atoms with Crippen LogP contribution in [0, 0.1) is 0 Å². The van der Waals surface area contributed by atoms with E-state index in [1.54, 1.807) is 6.08 Å². The maximum Gasteiger partial charge on any atom is 0.247 e. The van der Waals surface area contributed by atoms with Crippen molar-refractivity contribution < 1.29 is 9.79 Å². The maximum absolute atomic E-state index is 7.45. The average molecular weight is 138 g/mol. The molecular formula is C3H11N2O2P. The van der Waals surface area contributed by atoms with Crippen LogP contribution >= 0.6 is 8.53 Å². The van der Waals surface area contributed by atoms with Crippen LogP contribution in [0.25, 0.3) is 0 Å². The highest BCUT2D eigenvalue weighted by Gasteiger charge is 1.72. The third kappa shape index (κ3) is 148. The molecule has 0 heterocycles. The highest BCUT2D eigenvalue weighted by Crippen LogP contribution is 2.05. The smallest absolute Gasteiger partial charge is 0.247 e. The monoisotopic (exact) mass is 138 g/mol. The molecule has 0 unspecified atom stereocenters. The molecule has 50 valence electrons. The second kappa shape index (κ2) is 10.1. The van der Waals surface area contributed by atoms with Gasteiger partial charge in [-0.05, 0) is 0 Å². The van der Waals surface area contributed by atoms with Crippen molar-refractivity contribution in [1.82, 2.24) is 0 Å². The minimum atomic E-state index is -2.12. The lowest BCUT2D eigenvalue weighted by molar-refractivity contribution is 0.485. The fourth-order valence-corrected chi connectivity index (χ4v) is 0. The molecule has 0 atom stereocenters. The molecule has 0 spiro atoms. The SMILES string of the molecule is C=CCN.NP(O)O. The summed E-state index contributed by atoms with van der Waals surface area (Å²) in [6.45, 7) is 3.94. The molecule has 0 aliphatic heterocycles. The lowest BCUT2D eigenvalue weighted by Crippen LogP contribution is -1.90. The van der Waals surface area contributed by atoms with Crippen LogP contribution < -0.4 is 11.2 Å². The predicted octanol–water partition coefficient (Wildman–Crippen LogP) is -0.712. The summed E-state index contributed by atoms with van der Waals surface area (Å²) in [7, 11) is -2.12. The molecule has 0 bridgehead atoms. The highest BCUT2D eigenvalue weighted by molar-refractivity contribution is 7.42. The van der Waals surface area contributed by atoms with Gasteiger partial charge in [0.25, 0.3) is 0 Å². The molecule has 0 aliphatic rings. The summed E-state index contributed by atoms with van der Waals surface area (Å²) in [4.78, 5) is 14.9. The zero-order valence-electron chi connectivity index (χ0n) is 4.49. The number of rotatable bonds is 1. The molecule has 4 nitrogen and oxygen atoms in total. The second-order valence-corrected chi connectivity index (χ2v) is 1.49. The Kier molecular flexibility index (Phi) is 13.7. The minimum absolute atomic E-state index is 0.583. The van der Waals surface area contributed by atoms with Gasteiger partial charge in [0.05, 0.1) is 0 Å². The zero-order valence-corrected chi connectivity index (χ0v) is 5.38. The Morgan fingerprint density at radius 1 is 1.62 bits per heavy atom. The number of hydrogen-bond donors (Lipinski definition) is 4. The Morgan fingerprint density at radius 2 is 1.75 bits per heavy atom. The second-order valence-electron chi connectivity index (χ2n) is 0.845. The van der Waals surface area contributed by atoms with Crippen molar-refractivity contribution >= 4 is 8.53 Å². The summed E-state index contributed by atoms with van der Waals surface area (Å²) in [5.41, 5.74) is 9.20. The lowest BCUT2D eigenvalue weighted by Gasteiger charge is -1.79. The molecule has 0 fully saturated rings. The van der Waals surface area contributed by atoms with Crippen LogP contribution in [0.1, 0.15) is 0 Å². The van der Waals surface area contributed by atoms with Crippen molar-refractivity contribution in [3.8, 4) is 0 Å². The summed E-state index contributed by atoms with van der Waals surface area (Å²) in [5, 5.41) is 0. The first-order chi connectivity index (χ1) is 3.65. The highest BCUT2D eigenvalue weighted by atomic mass is 31.2. The van der Waals surface area contributed by atoms with E-state index in [0.29, 0.717) is 6.54 Å². The Morgan fingerprint density at radius 3 is 1.75 bits per heavy atom. The fraction of sp³-hybridized carbons (Fsp3) is 0.333. The summed E-state index contributed by atoms with van der Waals surface area (Å²) in [5.74, 6) is 0. The van der Waals surface area contributed by atoms with E-state index in [1.165, 1.54) is 0 Å². The van der Waals surface area contributed by atoms with E-state index < -0.39 is 8.53 Å². The molecule has 5 heteroatoms. The van der Waals surface area contributed by atoms with Crippen LogP contribution in [-0.4, -0.2) is 16.3 Å². The fourth-order valence-electron chi connectivity index (χ4n) is 0. The van der Waals surface area contributed by atoms with E-state index in [2.05, 4.69) is 12.1 Å². The molecule has 6 N–H and O–H groups in total. The molecule has 0 aromatic heterocycles. The third-order valence-corrected chi connectivity index (χ3v) is 0.167. The van der Waals surface area contributed by atoms with Gasteiger partial charge in [0, 0.05) is 6.54 Å². The number of nitrogens with two attached hydrogens (primary N) is 2. The van der Waals surface area contributed by atoms with Gasteiger partial charge < -0.3 is 15.5 Å². The van der Waals surface area contributed by atoms with Crippen LogP contribution in [0.4, 0.5) is 0 Å². The van der Waals surface area contributed by atoms with Gasteiger partial charge in [0.2, 0.25) is 8.53 Å². The Labute approximate surface area is 49.8 Å². The Balaban J connectivity index is 0. The van der Waals surface area contributed by atoms with Crippen LogP contribution in [0.5, 0.6) is 0 Å². The molecule has 0 amide bonds. The van der Waals surface area contributed by atoms with E-state index in [1.807, 2.05) is 0 Å². The van der Waals surface area contributed by atoms with Gasteiger partial charge in [-0.1, -0.05) is 6.08 Å². The normalized spacial score (nSPS) is 7.62. The topological polar surface area (TPSA) is 92.5 Å². The molecule has 8 heavy (non-hydrogen) atoms. The van der Waals surface area contributed by atoms with E-state index in [9.17, 15) is 0 Å². The summed E-state index contributed by atoms with van der Waals surface area (Å²) < 4.78 is 0. The summed E-state index contributed by atoms with van der Waals surface area (Å²) >= 11 is 0. The molecule has 0 aromatic rings. The van der Waals surface area contributed by atoms with Crippen molar-refractivity contribution in [3.63, 3.8) is 0 Å². The van der Waals surface area contributed by atoms with Gasteiger partial charge in [-0.25, -0.2) is 0 Å². The van der Waals surface area contributed by atoms with Gasteiger partial charge in [-0.3, -0.25) is 5.50 Å². The molecule has 0 aliphatic carbocycles. The standard InChI is InChI=1S/C3H7N.H4NO2P/c1-2-3-4;1-4(2)3/h2H,1,3-4H2;2-3H,1H2. The van der Waals surface area contributed by atoms with E-state index >= 15 is 0 Å². The average Bonchev–Trinajstić information content (AvgIpc) is 1.65. The van der Waals surface area contributed by atoms with Gasteiger partial charge >= 0.3 is 0 Å². The van der Waals surface area contributed by atoms with Crippen LogP contribution in [0.2, 0.25) is 0 Å². The van der Waals surface area contributed by atoms with Crippen molar-refractivity contribution in [2.24, 2.45) is 11.2 Å². The zero-order chi connectivity index (χ0) is 6.99. The van der Waals surface area contributed by atoms with E-state index in [0.717, 1.165) is 0 Å². The first-order valence-corrected chi connectivity index (χ1v) is 3.20. The Bertz CT molecular complexity index is 47.8. The van der Waals surface area contributed by atoms with Crippen molar-refractivity contribution in [2.45, 2.75) is 0 Å². The van der Waals surface area contributed by atoms with Crippen molar-refractivity contribution in [3.05, 3.63) is 12.7 Å². The first-order valence-electron chi connectivity index (χ1n) is 1.88. The van der Waals surface area contributed by atoms with Crippen LogP contribution in [0.3, 0.4) is 0 Å². The van der Waals surface area contributed by atoms with Gasteiger partial charge in [-0.2, -0.15) is 0 Å². The molecule has 0 rings (SSSR count). The molecule has 0 saturated heterocycles. The largest absolute Gasteiger partial charge is 0.338 e. The molecular weight excluding hydrogens is 127 g/mol. The Hall–Kier alpha value is 0.0100. The minimum Gasteiger partial charge on any atom is -0.338 e. The van der Waals surface area contributed by atoms with Crippen molar-refractivity contribution in [1.29, 1.82) is 0 Å². The molecule has 0 saturated carbocycles. The summed E-state index contributed by atoms with van der Waals surface area (Å²) in [6, 6.07) is 0. The summed E-state index contributed by atoms with van der Waals surface area (Å²) in [6.07, 6.45) is 1.65.